The maximum absolute atomic E-state index is 13.0. The van der Waals surface area contributed by atoms with Crippen molar-refractivity contribution < 1.29 is 75.8 Å². The summed E-state index contributed by atoms with van der Waals surface area (Å²) in [7, 11) is -9.82. The Bertz CT molecular complexity index is 2700. The monoisotopic (exact) mass is 1590 g/mol. The molecule has 5 unspecified atom stereocenters. The first kappa shape index (κ1) is 106. The van der Waals surface area contributed by atoms with E-state index < -0.39 is 91.5 Å². The molecule has 0 bridgehead atoms. The lowest BCUT2D eigenvalue weighted by molar-refractivity contribution is -0.161. The largest absolute Gasteiger partial charge is 0.472 e. The first-order chi connectivity index (χ1) is 54.2. The molecule has 0 heterocycles. The van der Waals surface area contributed by atoms with Crippen LogP contribution in [0.4, 0.5) is 0 Å². The Morgan fingerprint density at radius 1 is 0.261 bits per heavy atom. The molecule has 0 radical (unpaired) electrons. The minimum absolute atomic E-state index is 0.0808. The lowest BCUT2D eigenvalue weighted by atomic mass is 10.0. The van der Waals surface area contributed by atoms with Gasteiger partial charge in [-0.05, 0) is 154 Å². The SMILES string of the molecule is CC/C=C\C/C=C\C/C=C\C/C=C\C/C=C\C/C=C\CCCCCCCCCCC(=O)OCC(COP(=O)(O)OCC(O)COP(=O)(O)OCC(O)COC(=O)CCCCCCCCCCCCCCC/C=C\C/C=C\C/C=C\C/C=C\CCCCC)OC(=O)CCCCCCCC/C=C\C/C=C\C/C=C\C/C=C\CC. The zero-order valence-corrected chi connectivity index (χ0v) is 71.4. The summed E-state index contributed by atoms with van der Waals surface area (Å²) in [5.74, 6) is -1.60. The number of phosphoric acid groups is 2. The molecular weight excluding hydrogens is 1430 g/mol. The molecule has 0 saturated heterocycles. The third kappa shape index (κ3) is 85.6. The summed E-state index contributed by atoms with van der Waals surface area (Å²) in [5.41, 5.74) is 0. The van der Waals surface area contributed by atoms with Gasteiger partial charge in [0.05, 0.1) is 26.4 Å². The van der Waals surface area contributed by atoms with Crippen molar-refractivity contribution in [2.75, 3.05) is 39.6 Å². The number of carbonyl (C=O) groups excluding carboxylic acids is 3. The number of aliphatic hydroxyl groups excluding tert-OH is 2. The fourth-order valence-electron chi connectivity index (χ4n) is 11.4. The van der Waals surface area contributed by atoms with Gasteiger partial charge in [-0.25, -0.2) is 9.13 Å². The van der Waals surface area contributed by atoms with E-state index in [9.17, 15) is 43.5 Å². The number of ether oxygens (including phenoxy) is 3. The second kappa shape index (κ2) is 84.3. The predicted octanol–water partition coefficient (Wildman–Crippen LogP) is 26.3. The number of unbranched alkanes of at least 4 members (excludes halogenated alkanes) is 30. The summed E-state index contributed by atoms with van der Waals surface area (Å²) in [6, 6.07) is 0. The number of rotatable bonds is 81. The van der Waals surface area contributed by atoms with Crippen molar-refractivity contribution in [1.82, 2.24) is 0 Å². The van der Waals surface area contributed by atoms with Crippen molar-refractivity contribution in [3.63, 3.8) is 0 Å². The van der Waals surface area contributed by atoms with Gasteiger partial charge in [0.1, 0.15) is 25.4 Å². The van der Waals surface area contributed by atoms with E-state index in [-0.39, 0.29) is 19.3 Å². The Balaban J connectivity index is 4.63. The molecule has 16 nitrogen and oxygen atoms in total. The first-order valence-corrected chi connectivity index (χ1v) is 46.4. The summed E-state index contributed by atoms with van der Waals surface area (Å²) < 4.78 is 61.4. The highest BCUT2D eigenvalue weighted by Crippen LogP contribution is 2.45. The van der Waals surface area contributed by atoms with E-state index in [1.165, 1.54) is 89.9 Å². The van der Waals surface area contributed by atoms with Crippen LogP contribution in [0.2, 0.25) is 0 Å². The highest BCUT2D eigenvalue weighted by molar-refractivity contribution is 7.47. The van der Waals surface area contributed by atoms with Gasteiger partial charge < -0.3 is 34.2 Å². The molecule has 18 heteroatoms. The summed E-state index contributed by atoms with van der Waals surface area (Å²) in [6.45, 7) is 2.42. The van der Waals surface area contributed by atoms with Crippen LogP contribution in [0.25, 0.3) is 0 Å². The molecule has 0 aromatic heterocycles. The third-order valence-electron chi connectivity index (χ3n) is 17.9. The average Bonchev–Trinajstić information content (AvgIpc) is 0.812. The van der Waals surface area contributed by atoms with Crippen LogP contribution in [0.1, 0.15) is 342 Å². The molecular formula is C93H156O16P2. The molecule has 0 aliphatic carbocycles. The van der Waals surface area contributed by atoms with Crippen molar-refractivity contribution in [1.29, 1.82) is 0 Å². The van der Waals surface area contributed by atoms with E-state index >= 15 is 0 Å². The minimum atomic E-state index is -4.95. The van der Waals surface area contributed by atoms with E-state index in [2.05, 4.69) is 191 Å². The maximum atomic E-state index is 13.0. The minimum Gasteiger partial charge on any atom is -0.463 e. The van der Waals surface area contributed by atoms with Gasteiger partial charge in [-0.1, -0.05) is 339 Å². The normalized spacial score (nSPS) is 14.7. The molecule has 0 saturated carbocycles. The summed E-state index contributed by atoms with van der Waals surface area (Å²) in [4.78, 5) is 58.9. The summed E-state index contributed by atoms with van der Waals surface area (Å²) in [5, 5.41) is 20.7. The molecule has 634 valence electrons. The van der Waals surface area contributed by atoms with Gasteiger partial charge in [-0.2, -0.15) is 0 Å². The number of esters is 3. The van der Waals surface area contributed by atoms with E-state index in [0.29, 0.717) is 19.3 Å². The zero-order valence-electron chi connectivity index (χ0n) is 69.6. The van der Waals surface area contributed by atoms with Gasteiger partial charge in [0.15, 0.2) is 6.10 Å². The Kier molecular flexibility index (Phi) is 80.4. The Morgan fingerprint density at radius 3 is 0.757 bits per heavy atom. The van der Waals surface area contributed by atoms with Crippen LogP contribution in [0, 0.1) is 0 Å². The quantitative estimate of drug-likeness (QED) is 0.0146. The van der Waals surface area contributed by atoms with Gasteiger partial charge >= 0.3 is 33.6 Å². The molecule has 0 aliphatic rings. The van der Waals surface area contributed by atoms with Gasteiger partial charge in [0, 0.05) is 19.3 Å². The smallest absolute Gasteiger partial charge is 0.463 e. The second-order valence-corrected chi connectivity index (χ2v) is 31.5. The van der Waals surface area contributed by atoms with Gasteiger partial charge in [0.2, 0.25) is 0 Å². The number of aliphatic hydroxyl groups is 2. The van der Waals surface area contributed by atoms with Crippen molar-refractivity contribution in [2.45, 2.75) is 360 Å². The Labute approximate surface area is 675 Å². The highest BCUT2D eigenvalue weighted by atomic mass is 31.2. The van der Waals surface area contributed by atoms with Gasteiger partial charge in [0.25, 0.3) is 0 Å². The third-order valence-corrected chi connectivity index (χ3v) is 19.8. The van der Waals surface area contributed by atoms with Crippen LogP contribution in [-0.4, -0.2) is 95.9 Å². The predicted molar refractivity (Wildman–Crippen MR) is 463 cm³/mol. The van der Waals surface area contributed by atoms with Crippen molar-refractivity contribution >= 4 is 33.6 Å². The van der Waals surface area contributed by atoms with Crippen LogP contribution in [-0.2, 0) is 55.8 Å². The first-order valence-electron chi connectivity index (χ1n) is 43.4. The van der Waals surface area contributed by atoms with Crippen LogP contribution >= 0.6 is 15.6 Å². The number of phosphoric ester groups is 2. The second-order valence-electron chi connectivity index (χ2n) is 28.6. The molecule has 0 aromatic rings. The Hall–Kier alpha value is -5.09. The molecule has 111 heavy (non-hydrogen) atoms. The molecule has 0 fully saturated rings. The number of allylic oxidation sites excluding steroid dienone is 28. The fourth-order valence-corrected chi connectivity index (χ4v) is 13.0. The number of hydrogen-bond acceptors (Lipinski definition) is 14. The van der Waals surface area contributed by atoms with E-state index in [0.717, 1.165) is 193 Å². The molecule has 0 amide bonds. The lowest BCUT2D eigenvalue weighted by Crippen LogP contribution is -2.30. The lowest BCUT2D eigenvalue weighted by Gasteiger charge is -2.21. The Morgan fingerprint density at radius 2 is 0.477 bits per heavy atom. The maximum Gasteiger partial charge on any atom is 0.472 e. The number of carbonyl (C=O) groups is 3. The van der Waals surface area contributed by atoms with Gasteiger partial charge in [-0.3, -0.25) is 32.5 Å². The fraction of sp³-hybridized carbons (Fsp3) is 0.667. The van der Waals surface area contributed by atoms with Crippen LogP contribution in [0.5, 0.6) is 0 Å². The molecule has 0 aromatic carbocycles. The average molecular weight is 1590 g/mol. The molecule has 0 aliphatic heterocycles. The highest BCUT2D eigenvalue weighted by Gasteiger charge is 2.29. The van der Waals surface area contributed by atoms with Crippen molar-refractivity contribution in [3.05, 3.63) is 170 Å². The van der Waals surface area contributed by atoms with E-state index in [4.69, 9.17) is 32.3 Å². The van der Waals surface area contributed by atoms with Gasteiger partial charge in [-0.15, -0.1) is 0 Å². The molecule has 4 N–H and O–H groups in total. The summed E-state index contributed by atoms with van der Waals surface area (Å²) >= 11 is 0. The summed E-state index contributed by atoms with van der Waals surface area (Å²) in [6.07, 6.45) is 108. The van der Waals surface area contributed by atoms with Crippen LogP contribution < -0.4 is 0 Å². The van der Waals surface area contributed by atoms with E-state index in [1.54, 1.807) is 0 Å². The standard InChI is InChI=1S/C93H156O16P2/c1-4-7-10-13-16-19-22-25-28-31-34-36-38-40-42-43-45-47-48-50-53-55-58-61-64-67-70-73-76-79-91(96)103-82-88(94)83-105-110(99,100)106-84-89(95)85-107-111(101,102)108-87-90(109-93(98)81-78-75-72-69-66-63-60-57-52-33-30-27-24-21-18-15-12-9-6-3)86-104-92(97)80-77-74-71-68-65-62-59-56-54-51-49-46-44-41-39-37-35-32-29-26-23-20-17-14-11-8-5-2/h8-9,11-12,16-21,25-30,34-37,40-42,44,49,51-52,57,88-90,94-95H,4-7,10,13-15,22-24,31-33,38-39,43,45-48,50,53-56,58-87H2,1-3H3,(H,99,100)(H,101,102)/b11-8-,12-9-,19-16-,20-17-,21-18-,28-25-,29-26-,30-27-,36-34-,37-35-,42-40-,44-41-,51-49-,57-52-. The van der Waals surface area contributed by atoms with E-state index in [1.807, 2.05) is 0 Å². The van der Waals surface area contributed by atoms with Crippen molar-refractivity contribution in [2.24, 2.45) is 0 Å². The van der Waals surface area contributed by atoms with Crippen molar-refractivity contribution in [3.8, 4) is 0 Å². The molecule has 0 rings (SSSR count). The topological polar surface area (TPSA) is 231 Å². The van der Waals surface area contributed by atoms with Crippen LogP contribution in [0.3, 0.4) is 0 Å². The zero-order chi connectivity index (χ0) is 80.8. The molecule has 5 atom stereocenters. The molecule has 0 spiro atoms. The number of hydrogen-bond donors (Lipinski definition) is 4. The van der Waals surface area contributed by atoms with Crippen LogP contribution in [0.15, 0.2) is 170 Å².